The Balaban J connectivity index is 1.76. The summed E-state index contributed by atoms with van der Waals surface area (Å²) in [5.41, 5.74) is 2.56. The summed E-state index contributed by atoms with van der Waals surface area (Å²) in [6.45, 7) is 10.1. The van der Waals surface area contributed by atoms with Crippen LogP contribution in [0, 0.1) is 5.92 Å². The molecule has 0 aliphatic heterocycles. The molecule has 1 aromatic carbocycles. The maximum absolute atomic E-state index is 12.4. The molecule has 0 saturated carbocycles. The summed E-state index contributed by atoms with van der Waals surface area (Å²) in [5.74, 6) is 0.359. The monoisotopic (exact) mass is 437 g/mol. The molecule has 3 aromatic rings. The summed E-state index contributed by atoms with van der Waals surface area (Å²) in [4.78, 5) is 29.1. The fraction of sp³-hybridized carbons (Fsp3) is 0.417. The van der Waals surface area contributed by atoms with Gasteiger partial charge in [-0.05, 0) is 43.9 Å². The van der Waals surface area contributed by atoms with Gasteiger partial charge in [-0.25, -0.2) is 4.98 Å². The van der Waals surface area contributed by atoms with Crippen molar-refractivity contribution in [3.8, 4) is 22.7 Å². The quantitative estimate of drug-likeness (QED) is 0.458. The van der Waals surface area contributed by atoms with Gasteiger partial charge in [0.05, 0.1) is 11.9 Å². The summed E-state index contributed by atoms with van der Waals surface area (Å²) >= 11 is 0. The van der Waals surface area contributed by atoms with Gasteiger partial charge in [-0.2, -0.15) is 5.10 Å². The highest BCUT2D eigenvalue weighted by Crippen LogP contribution is 2.25. The first-order valence-electron chi connectivity index (χ1n) is 11.1. The Morgan fingerprint density at radius 1 is 1.03 bits per heavy atom. The van der Waals surface area contributed by atoms with Crippen molar-refractivity contribution in [3.05, 3.63) is 48.0 Å². The van der Waals surface area contributed by atoms with Crippen LogP contribution < -0.4 is 10.6 Å². The fourth-order valence-electron chi connectivity index (χ4n) is 3.11. The number of carbonyl (C=O) groups is 2. The van der Waals surface area contributed by atoms with E-state index in [9.17, 15) is 9.59 Å². The van der Waals surface area contributed by atoms with Gasteiger partial charge in [0.1, 0.15) is 5.69 Å². The second-order valence-corrected chi connectivity index (χ2v) is 8.27. The van der Waals surface area contributed by atoms with Crippen molar-refractivity contribution in [1.82, 2.24) is 25.8 Å². The van der Waals surface area contributed by atoms with E-state index < -0.39 is 0 Å². The van der Waals surface area contributed by atoms with Crippen molar-refractivity contribution in [2.75, 3.05) is 0 Å². The average Bonchev–Trinajstić information content (AvgIpc) is 3.47. The third kappa shape index (κ3) is 5.43. The zero-order valence-electron chi connectivity index (χ0n) is 19.2. The number of benzene rings is 1. The molecule has 0 saturated heterocycles. The molecule has 2 aromatic heterocycles. The third-order valence-electron chi connectivity index (χ3n) is 5.64. The lowest BCUT2D eigenvalue weighted by Crippen LogP contribution is -2.35. The molecule has 2 heterocycles. The van der Waals surface area contributed by atoms with Crippen molar-refractivity contribution in [3.63, 3.8) is 0 Å². The van der Waals surface area contributed by atoms with Crippen LogP contribution in [0.1, 0.15) is 68.5 Å². The predicted molar refractivity (Wildman–Crippen MR) is 123 cm³/mol. The minimum absolute atomic E-state index is 0.0235. The molecule has 0 unspecified atom stereocenters. The van der Waals surface area contributed by atoms with E-state index in [-0.39, 0.29) is 29.7 Å². The van der Waals surface area contributed by atoms with Crippen LogP contribution in [0.25, 0.3) is 22.7 Å². The lowest BCUT2D eigenvalue weighted by molar-refractivity contribution is 0.0901. The van der Waals surface area contributed by atoms with Crippen LogP contribution in [0.4, 0.5) is 0 Å². The van der Waals surface area contributed by atoms with Crippen molar-refractivity contribution in [1.29, 1.82) is 0 Å². The molecule has 0 aliphatic carbocycles. The first kappa shape index (κ1) is 23.2. The van der Waals surface area contributed by atoms with Gasteiger partial charge in [-0.1, -0.05) is 39.8 Å². The van der Waals surface area contributed by atoms with Crippen molar-refractivity contribution >= 4 is 11.8 Å². The highest BCUT2D eigenvalue weighted by atomic mass is 16.4. The Hall–Kier alpha value is -3.42. The van der Waals surface area contributed by atoms with E-state index in [0.717, 1.165) is 18.4 Å². The molecular weight excluding hydrogens is 406 g/mol. The first-order chi connectivity index (χ1) is 15.3. The number of oxazole rings is 1. The number of nitrogens with zero attached hydrogens (tertiary/aromatic N) is 2. The van der Waals surface area contributed by atoms with Gasteiger partial charge in [0.2, 0.25) is 11.7 Å². The van der Waals surface area contributed by atoms with E-state index in [1.54, 1.807) is 6.07 Å². The first-order valence-corrected chi connectivity index (χ1v) is 11.1. The zero-order chi connectivity index (χ0) is 23.3. The van der Waals surface area contributed by atoms with Gasteiger partial charge in [-0.3, -0.25) is 14.7 Å². The van der Waals surface area contributed by atoms with Crippen LogP contribution in [-0.2, 0) is 0 Å². The second-order valence-electron chi connectivity index (χ2n) is 8.27. The number of rotatable bonds is 9. The largest absolute Gasteiger partial charge is 0.431 e. The average molecular weight is 438 g/mol. The summed E-state index contributed by atoms with van der Waals surface area (Å²) in [6.07, 6.45) is 3.18. The Morgan fingerprint density at radius 3 is 2.44 bits per heavy atom. The second kappa shape index (κ2) is 10.3. The molecule has 170 valence electrons. The molecular formula is C24H31N5O3. The minimum atomic E-state index is -0.290. The van der Waals surface area contributed by atoms with E-state index in [0.29, 0.717) is 28.8 Å². The normalized spacial score (nSPS) is 12.2. The van der Waals surface area contributed by atoms with Crippen LogP contribution in [0.15, 0.2) is 40.9 Å². The van der Waals surface area contributed by atoms with Crippen LogP contribution >= 0.6 is 0 Å². The number of carbonyl (C=O) groups excluding carboxylic acids is 2. The molecule has 3 rings (SSSR count). The number of hydrogen-bond acceptors (Lipinski definition) is 5. The van der Waals surface area contributed by atoms with Crippen molar-refractivity contribution < 1.29 is 14.0 Å². The summed E-state index contributed by atoms with van der Waals surface area (Å²) in [6, 6.07) is 9.34. The van der Waals surface area contributed by atoms with Gasteiger partial charge < -0.3 is 15.1 Å². The van der Waals surface area contributed by atoms with Gasteiger partial charge in [0.25, 0.3) is 11.8 Å². The molecule has 3 N–H and O–H groups in total. The van der Waals surface area contributed by atoms with E-state index in [1.165, 1.54) is 6.20 Å². The zero-order valence-corrected chi connectivity index (χ0v) is 19.2. The Morgan fingerprint density at radius 2 is 1.75 bits per heavy atom. The lowest BCUT2D eigenvalue weighted by atomic mass is 10.1. The number of hydrogen-bond donors (Lipinski definition) is 3. The van der Waals surface area contributed by atoms with Gasteiger partial charge in [0, 0.05) is 23.2 Å². The molecule has 0 fully saturated rings. The van der Waals surface area contributed by atoms with Gasteiger partial charge >= 0.3 is 0 Å². The Kier molecular flexibility index (Phi) is 7.45. The molecule has 0 bridgehead atoms. The predicted octanol–water partition coefficient (Wildman–Crippen LogP) is 4.42. The molecule has 8 heteroatoms. The molecule has 2 amide bonds. The molecule has 0 radical (unpaired) electrons. The Bertz CT molecular complexity index is 996. The summed E-state index contributed by atoms with van der Waals surface area (Å²) in [5, 5.41) is 13.0. The minimum Gasteiger partial charge on any atom is -0.431 e. The standard InChI is InChI=1S/C24H31N5O3/c1-6-18(7-2)27-22(30)20-12-19(28-29-20)16-9-8-10-17(11-16)24-25-13-21(32-24)23(31)26-15(5)14(3)4/h8-15,18H,6-7H2,1-5H3,(H,26,31)(H,27,30)(H,28,29)/t15-/m1/s1. The number of aromatic nitrogens is 3. The number of amides is 2. The summed E-state index contributed by atoms with van der Waals surface area (Å²) in [7, 11) is 0. The number of aromatic amines is 1. The lowest BCUT2D eigenvalue weighted by Gasteiger charge is -2.16. The van der Waals surface area contributed by atoms with Crippen LogP contribution in [0.5, 0.6) is 0 Å². The van der Waals surface area contributed by atoms with Gasteiger partial charge in [0.15, 0.2) is 0 Å². The van der Waals surface area contributed by atoms with Crippen LogP contribution in [0.3, 0.4) is 0 Å². The van der Waals surface area contributed by atoms with Crippen LogP contribution in [0.2, 0.25) is 0 Å². The smallest absolute Gasteiger partial charge is 0.288 e. The maximum Gasteiger partial charge on any atom is 0.288 e. The topological polar surface area (TPSA) is 113 Å². The maximum atomic E-state index is 12.4. The molecule has 1 atom stereocenters. The van der Waals surface area contributed by atoms with E-state index in [4.69, 9.17) is 4.42 Å². The van der Waals surface area contributed by atoms with Crippen LogP contribution in [-0.4, -0.2) is 39.1 Å². The summed E-state index contributed by atoms with van der Waals surface area (Å²) < 4.78 is 5.70. The van der Waals surface area contributed by atoms with Crippen molar-refractivity contribution in [2.45, 2.75) is 59.5 Å². The number of H-pyrrole nitrogens is 1. The Labute approximate surface area is 188 Å². The highest BCUT2D eigenvalue weighted by Gasteiger charge is 2.18. The highest BCUT2D eigenvalue weighted by molar-refractivity contribution is 5.93. The van der Waals surface area contributed by atoms with E-state index in [2.05, 4.69) is 25.8 Å². The molecule has 32 heavy (non-hydrogen) atoms. The SMILES string of the molecule is CCC(CC)NC(=O)c1cc(-c2cccc(-c3ncc(C(=O)N[C@H](C)C(C)C)o3)c2)n[nH]1. The fourth-order valence-corrected chi connectivity index (χ4v) is 3.11. The third-order valence-corrected chi connectivity index (χ3v) is 5.64. The van der Waals surface area contributed by atoms with E-state index in [1.807, 2.05) is 58.9 Å². The van der Waals surface area contributed by atoms with Crippen molar-refractivity contribution in [2.24, 2.45) is 5.92 Å². The molecule has 8 nitrogen and oxygen atoms in total. The van der Waals surface area contributed by atoms with Gasteiger partial charge in [-0.15, -0.1) is 0 Å². The molecule has 0 spiro atoms. The number of nitrogens with one attached hydrogen (secondary N) is 3. The molecule has 0 aliphatic rings. The van der Waals surface area contributed by atoms with E-state index >= 15 is 0 Å².